The van der Waals surface area contributed by atoms with Crippen LogP contribution in [-0.2, 0) is 4.79 Å². The molecule has 1 aromatic carbocycles. The third-order valence-corrected chi connectivity index (χ3v) is 3.96. The van der Waals surface area contributed by atoms with Crippen molar-refractivity contribution in [2.45, 2.75) is 39.7 Å². The minimum absolute atomic E-state index is 0.0889. The van der Waals surface area contributed by atoms with E-state index in [1.807, 2.05) is 39.8 Å². The molecule has 0 saturated carbocycles. The minimum atomic E-state index is -0.325. The maximum absolute atomic E-state index is 12.3. The maximum atomic E-state index is 12.3. The van der Waals surface area contributed by atoms with Crippen LogP contribution in [0.2, 0.25) is 5.02 Å². The number of halogens is 1. The number of carbonyl (C=O) groups excluding carboxylic acids is 1. The van der Waals surface area contributed by atoms with Gasteiger partial charge >= 0.3 is 0 Å². The molecule has 1 amide bonds. The van der Waals surface area contributed by atoms with Gasteiger partial charge in [0, 0.05) is 5.56 Å². The van der Waals surface area contributed by atoms with Gasteiger partial charge in [-0.15, -0.1) is 0 Å². The standard InChI is InChI=1S/C17H21ClN2O3/c1-10(22-15-8-6-5-7-14(15)18)9-19-17(21)11(2)16-12(3)20-23-13(16)4/h5-8,10-11H,9H2,1-4H3,(H,19,21)/t10-,11+/m0/s1. The van der Waals surface area contributed by atoms with Crippen molar-refractivity contribution in [2.24, 2.45) is 0 Å². The molecule has 1 N–H and O–H groups in total. The van der Waals surface area contributed by atoms with Crippen LogP contribution in [0.15, 0.2) is 28.8 Å². The molecule has 0 aliphatic rings. The van der Waals surface area contributed by atoms with Crippen LogP contribution in [0.25, 0.3) is 0 Å². The van der Waals surface area contributed by atoms with Gasteiger partial charge in [-0.2, -0.15) is 0 Å². The van der Waals surface area contributed by atoms with E-state index in [4.69, 9.17) is 20.9 Å². The fourth-order valence-corrected chi connectivity index (χ4v) is 2.62. The Morgan fingerprint density at radius 3 is 2.65 bits per heavy atom. The van der Waals surface area contributed by atoms with Crippen LogP contribution in [0.4, 0.5) is 0 Å². The fourth-order valence-electron chi connectivity index (χ4n) is 2.44. The van der Waals surface area contributed by atoms with E-state index in [-0.39, 0.29) is 17.9 Å². The monoisotopic (exact) mass is 336 g/mol. The first kappa shape index (κ1) is 17.3. The van der Waals surface area contributed by atoms with Gasteiger partial charge in [-0.3, -0.25) is 4.79 Å². The summed E-state index contributed by atoms with van der Waals surface area (Å²) in [5.74, 6) is 0.864. The first-order chi connectivity index (χ1) is 10.9. The van der Waals surface area contributed by atoms with E-state index >= 15 is 0 Å². The Labute approximate surface area is 141 Å². The Kier molecular flexibility index (Phi) is 5.66. The number of nitrogens with zero attached hydrogens (tertiary/aromatic N) is 1. The molecule has 1 heterocycles. The van der Waals surface area contributed by atoms with E-state index in [0.29, 0.717) is 23.1 Å². The van der Waals surface area contributed by atoms with E-state index in [0.717, 1.165) is 11.3 Å². The third kappa shape index (κ3) is 4.26. The summed E-state index contributed by atoms with van der Waals surface area (Å²) in [7, 11) is 0. The summed E-state index contributed by atoms with van der Waals surface area (Å²) in [5, 5.41) is 7.32. The first-order valence-electron chi connectivity index (χ1n) is 7.51. The van der Waals surface area contributed by atoms with Crippen molar-refractivity contribution in [3.63, 3.8) is 0 Å². The van der Waals surface area contributed by atoms with E-state index in [9.17, 15) is 4.79 Å². The molecule has 0 bridgehead atoms. The van der Waals surface area contributed by atoms with E-state index in [2.05, 4.69) is 10.5 Å². The van der Waals surface area contributed by atoms with Crippen LogP contribution in [0.1, 0.15) is 36.8 Å². The molecule has 5 nitrogen and oxygen atoms in total. The van der Waals surface area contributed by atoms with E-state index in [1.54, 1.807) is 12.1 Å². The quantitative estimate of drug-likeness (QED) is 0.874. The molecule has 6 heteroatoms. The molecule has 0 saturated heterocycles. The topological polar surface area (TPSA) is 64.4 Å². The highest BCUT2D eigenvalue weighted by molar-refractivity contribution is 6.32. The van der Waals surface area contributed by atoms with Crippen molar-refractivity contribution in [2.75, 3.05) is 6.54 Å². The van der Waals surface area contributed by atoms with Gasteiger partial charge < -0.3 is 14.6 Å². The number of carbonyl (C=O) groups is 1. The summed E-state index contributed by atoms with van der Waals surface area (Å²) in [5.41, 5.74) is 1.58. The molecule has 0 fully saturated rings. The lowest BCUT2D eigenvalue weighted by Crippen LogP contribution is -2.36. The summed E-state index contributed by atoms with van der Waals surface area (Å²) in [4.78, 5) is 12.3. The zero-order valence-electron chi connectivity index (χ0n) is 13.7. The lowest BCUT2D eigenvalue weighted by molar-refractivity contribution is -0.122. The molecule has 2 atom stereocenters. The first-order valence-corrected chi connectivity index (χ1v) is 7.89. The Morgan fingerprint density at radius 2 is 2.04 bits per heavy atom. The van der Waals surface area contributed by atoms with Crippen molar-refractivity contribution in [1.29, 1.82) is 0 Å². The molecule has 0 aliphatic carbocycles. The number of aryl methyl sites for hydroxylation is 2. The zero-order chi connectivity index (χ0) is 17.0. The summed E-state index contributed by atoms with van der Waals surface area (Å²) < 4.78 is 10.9. The number of amides is 1. The highest BCUT2D eigenvalue weighted by Crippen LogP contribution is 2.25. The van der Waals surface area contributed by atoms with Crippen molar-refractivity contribution in [3.05, 3.63) is 46.3 Å². The molecular formula is C17H21ClN2O3. The average Bonchev–Trinajstić information content (AvgIpc) is 2.85. The van der Waals surface area contributed by atoms with Crippen LogP contribution in [-0.4, -0.2) is 23.7 Å². The molecule has 0 aliphatic heterocycles. The second-order valence-electron chi connectivity index (χ2n) is 5.56. The molecule has 0 spiro atoms. The molecule has 0 unspecified atom stereocenters. The smallest absolute Gasteiger partial charge is 0.227 e. The van der Waals surface area contributed by atoms with Gasteiger partial charge in [-0.05, 0) is 39.8 Å². The molecule has 2 rings (SSSR count). The Hall–Kier alpha value is -2.01. The van der Waals surface area contributed by atoms with Gasteiger partial charge in [0.25, 0.3) is 0 Å². The molecule has 1 aromatic heterocycles. The van der Waals surface area contributed by atoms with Crippen LogP contribution < -0.4 is 10.1 Å². The third-order valence-electron chi connectivity index (χ3n) is 3.64. The van der Waals surface area contributed by atoms with Crippen LogP contribution >= 0.6 is 11.6 Å². The van der Waals surface area contributed by atoms with Crippen LogP contribution in [0, 0.1) is 13.8 Å². The lowest BCUT2D eigenvalue weighted by Gasteiger charge is -2.18. The SMILES string of the molecule is Cc1noc(C)c1[C@@H](C)C(=O)NC[C@H](C)Oc1ccccc1Cl. The number of rotatable bonds is 6. The number of ether oxygens (including phenoxy) is 1. The van der Waals surface area contributed by atoms with Crippen LogP contribution in [0.5, 0.6) is 5.75 Å². The number of hydrogen-bond acceptors (Lipinski definition) is 4. The number of hydrogen-bond donors (Lipinski definition) is 1. The summed E-state index contributed by atoms with van der Waals surface area (Å²) >= 11 is 6.05. The highest BCUT2D eigenvalue weighted by Gasteiger charge is 2.23. The predicted octanol–water partition coefficient (Wildman–Crippen LogP) is 3.63. The maximum Gasteiger partial charge on any atom is 0.227 e. The largest absolute Gasteiger partial charge is 0.487 e. The number of aromatic nitrogens is 1. The Bertz CT molecular complexity index is 665. The van der Waals surface area contributed by atoms with E-state index < -0.39 is 0 Å². The van der Waals surface area contributed by atoms with E-state index in [1.165, 1.54) is 0 Å². The van der Waals surface area contributed by atoms with Crippen molar-refractivity contribution in [1.82, 2.24) is 10.5 Å². The van der Waals surface area contributed by atoms with Gasteiger partial charge in [0.15, 0.2) is 0 Å². The summed E-state index contributed by atoms with van der Waals surface area (Å²) in [6, 6.07) is 7.26. The Balaban J connectivity index is 1.90. The summed E-state index contributed by atoms with van der Waals surface area (Å²) in [6.07, 6.45) is -0.198. The number of nitrogens with one attached hydrogen (secondary N) is 1. The molecule has 124 valence electrons. The molecule has 23 heavy (non-hydrogen) atoms. The molecule has 0 radical (unpaired) electrons. The van der Waals surface area contributed by atoms with Gasteiger partial charge in [0.05, 0.1) is 23.2 Å². The molecule has 2 aromatic rings. The second-order valence-corrected chi connectivity index (χ2v) is 5.97. The fraction of sp³-hybridized carbons (Fsp3) is 0.412. The highest BCUT2D eigenvalue weighted by atomic mass is 35.5. The van der Waals surface area contributed by atoms with Crippen molar-refractivity contribution < 1.29 is 14.1 Å². The van der Waals surface area contributed by atoms with Crippen molar-refractivity contribution in [3.8, 4) is 5.75 Å². The second kappa shape index (κ2) is 7.51. The molecular weight excluding hydrogens is 316 g/mol. The van der Waals surface area contributed by atoms with Gasteiger partial charge in [0.2, 0.25) is 5.91 Å². The lowest BCUT2D eigenvalue weighted by atomic mass is 9.99. The van der Waals surface area contributed by atoms with Gasteiger partial charge in [-0.25, -0.2) is 0 Å². The number of benzene rings is 1. The van der Waals surface area contributed by atoms with Crippen molar-refractivity contribution >= 4 is 17.5 Å². The van der Waals surface area contributed by atoms with Gasteiger partial charge in [0.1, 0.15) is 17.6 Å². The van der Waals surface area contributed by atoms with Gasteiger partial charge in [-0.1, -0.05) is 28.9 Å². The Morgan fingerprint density at radius 1 is 1.35 bits per heavy atom. The predicted molar refractivity (Wildman–Crippen MR) is 88.9 cm³/mol. The summed E-state index contributed by atoms with van der Waals surface area (Å²) in [6.45, 7) is 7.74. The van der Waals surface area contributed by atoms with Crippen LogP contribution in [0.3, 0.4) is 0 Å². The average molecular weight is 337 g/mol. The number of para-hydroxylation sites is 1. The normalized spacial score (nSPS) is 13.4. The zero-order valence-corrected chi connectivity index (χ0v) is 14.5. The minimum Gasteiger partial charge on any atom is -0.487 e.